The number of hydrogen-bond donors (Lipinski definition) is 2. The smallest absolute Gasteiger partial charge is 0.315 e. The van der Waals surface area contributed by atoms with Gasteiger partial charge in [0.05, 0.1) is 19.3 Å². The fourth-order valence-electron chi connectivity index (χ4n) is 3.45. The predicted octanol–water partition coefficient (Wildman–Crippen LogP) is 2.75. The first kappa shape index (κ1) is 16.7. The monoisotopic (exact) mass is 337 g/mol. The van der Waals surface area contributed by atoms with E-state index in [0.29, 0.717) is 12.6 Å². The molecule has 1 saturated heterocycles. The molecule has 1 aliphatic carbocycles. The summed E-state index contributed by atoms with van der Waals surface area (Å²) in [5.41, 5.74) is 0. The summed E-state index contributed by atoms with van der Waals surface area (Å²) >= 11 is 1.76. The molecule has 2 amide bonds. The van der Waals surface area contributed by atoms with Gasteiger partial charge in [0.1, 0.15) is 0 Å². The molecule has 1 aromatic heterocycles. The maximum atomic E-state index is 12.2. The van der Waals surface area contributed by atoms with E-state index in [4.69, 9.17) is 4.74 Å². The highest BCUT2D eigenvalue weighted by molar-refractivity contribution is 7.10. The molecule has 1 aromatic rings. The van der Waals surface area contributed by atoms with Crippen molar-refractivity contribution >= 4 is 17.4 Å². The van der Waals surface area contributed by atoms with E-state index in [1.807, 2.05) is 0 Å². The number of morpholine rings is 1. The number of amides is 2. The Hall–Kier alpha value is -1.11. The first-order valence-electron chi connectivity index (χ1n) is 8.72. The molecule has 128 valence electrons. The zero-order valence-electron chi connectivity index (χ0n) is 13.6. The van der Waals surface area contributed by atoms with Crippen molar-refractivity contribution < 1.29 is 9.53 Å². The Labute approximate surface area is 142 Å². The fourth-order valence-corrected chi connectivity index (χ4v) is 4.31. The highest BCUT2D eigenvalue weighted by atomic mass is 32.1. The standard InChI is InChI=1S/C17H27N3O2S/c21-17(19-14-5-2-1-3-6-14)18-13-15(16-7-4-12-23-16)20-8-10-22-11-9-20/h4,7,12,14-15H,1-3,5-6,8-11,13H2,(H2,18,19,21). The number of nitrogens with zero attached hydrogens (tertiary/aromatic N) is 1. The Balaban J connectivity index is 1.52. The van der Waals surface area contributed by atoms with Crippen LogP contribution in [0.2, 0.25) is 0 Å². The molecule has 2 N–H and O–H groups in total. The van der Waals surface area contributed by atoms with Crippen LogP contribution in [0.5, 0.6) is 0 Å². The Bertz CT molecular complexity index is 468. The lowest BCUT2D eigenvalue weighted by atomic mass is 9.96. The van der Waals surface area contributed by atoms with Crippen molar-refractivity contribution in [2.24, 2.45) is 0 Å². The van der Waals surface area contributed by atoms with Crippen molar-refractivity contribution in [1.29, 1.82) is 0 Å². The summed E-state index contributed by atoms with van der Waals surface area (Å²) in [6.45, 7) is 4.05. The Kier molecular flexibility index (Phi) is 6.30. The zero-order valence-corrected chi connectivity index (χ0v) is 14.4. The van der Waals surface area contributed by atoms with Crippen molar-refractivity contribution in [2.45, 2.75) is 44.2 Å². The first-order valence-corrected chi connectivity index (χ1v) is 9.60. The summed E-state index contributed by atoms with van der Waals surface area (Å²) in [5, 5.41) is 8.32. The number of urea groups is 1. The number of thiophene rings is 1. The largest absolute Gasteiger partial charge is 0.379 e. The molecule has 0 bridgehead atoms. The van der Waals surface area contributed by atoms with Gasteiger partial charge in [-0.05, 0) is 24.3 Å². The Morgan fingerprint density at radius 3 is 2.78 bits per heavy atom. The van der Waals surface area contributed by atoms with E-state index in [9.17, 15) is 4.79 Å². The van der Waals surface area contributed by atoms with E-state index in [0.717, 1.165) is 39.1 Å². The van der Waals surface area contributed by atoms with Gasteiger partial charge in [-0.1, -0.05) is 25.3 Å². The SMILES string of the molecule is O=C(NCC(c1cccs1)N1CCOCC1)NC1CCCCC1. The van der Waals surface area contributed by atoms with Crippen molar-refractivity contribution in [3.05, 3.63) is 22.4 Å². The summed E-state index contributed by atoms with van der Waals surface area (Å²) in [7, 11) is 0. The number of carbonyl (C=O) groups excluding carboxylic acids is 1. The molecule has 1 unspecified atom stereocenters. The molecule has 3 rings (SSSR count). The van der Waals surface area contributed by atoms with Gasteiger partial charge in [-0.2, -0.15) is 0 Å². The molecule has 5 nitrogen and oxygen atoms in total. The predicted molar refractivity (Wildman–Crippen MR) is 92.9 cm³/mol. The third-order valence-electron chi connectivity index (χ3n) is 4.75. The van der Waals surface area contributed by atoms with E-state index in [-0.39, 0.29) is 12.1 Å². The number of carbonyl (C=O) groups is 1. The average molecular weight is 337 g/mol. The third kappa shape index (κ3) is 4.93. The number of nitrogens with one attached hydrogen (secondary N) is 2. The van der Waals surface area contributed by atoms with E-state index in [1.165, 1.54) is 24.1 Å². The van der Waals surface area contributed by atoms with Crippen molar-refractivity contribution in [3.8, 4) is 0 Å². The van der Waals surface area contributed by atoms with Crippen LogP contribution in [0, 0.1) is 0 Å². The first-order chi connectivity index (χ1) is 11.3. The van der Waals surface area contributed by atoms with Gasteiger partial charge in [0.2, 0.25) is 0 Å². The second-order valence-electron chi connectivity index (χ2n) is 6.37. The van der Waals surface area contributed by atoms with Crippen molar-refractivity contribution in [1.82, 2.24) is 15.5 Å². The van der Waals surface area contributed by atoms with Crippen LogP contribution >= 0.6 is 11.3 Å². The highest BCUT2D eigenvalue weighted by Gasteiger charge is 2.24. The van der Waals surface area contributed by atoms with Gasteiger partial charge in [0, 0.05) is 30.6 Å². The van der Waals surface area contributed by atoms with Crippen LogP contribution in [-0.2, 0) is 4.74 Å². The van der Waals surface area contributed by atoms with Crippen LogP contribution in [0.4, 0.5) is 4.79 Å². The quantitative estimate of drug-likeness (QED) is 0.869. The maximum absolute atomic E-state index is 12.2. The molecule has 23 heavy (non-hydrogen) atoms. The van der Waals surface area contributed by atoms with Crippen LogP contribution in [0.25, 0.3) is 0 Å². The maximum Gasteiger partial charge on any atom is 0.315 e. The van der Waals surface area contributed by atoms with E-state index < -0.39 is 0 Å². The van der Waals surface area contributed by atoms with E-state index >= 15 is 0 Å². The van der Waals surface area contributed by atoms with Crippen molar-refractivity contribution in [2.75, 3.05) is 32.8 Å². The molecule has 0 radical (unpaired) electrons. The van der Waals surface area contributed by atoms with Gasteiger partial charge in [0.15, 0.2) is 0 Å². The highest BCUT2D eigenvalue weighted by Crippen LogP contribution is 2.25. The molecule has 0 spiro atoms. The zero-order chi connectivity index (χ0) is 15.9. The lowest BCUT2D eigenvalue weighted by Crippen LogP contribution is -2.47. The molecular weight excluding hydrogens is 310 g/mol. The van der Waals surface area contributed by atoms with Crippen molar-refractivity contribution in [3.63, 3.8) is 0 Å². The van der Waals surface area contributed by atoms with Gasteiger partial charge < -0.3 is 15.4 Å². The Morgan fingerprint density at radius 1 is 1.30 bits per heavy atom. The van der Waals surface area contributed by atoms with Crippen LogP contribution in [0.15, 0.2) is 17.5 Å². The molecule has 1 saturated carbocycles. The molecule has 1 aliphatic heterocycles. The Morgan fingerprint density at radius 2 is 2.09 bits per heavy atom. The molecule has 2 fully saturated rings. The lowest BCUT2D eigenvalue weighted by molar-refractivity contribution is 0.0174. The minimum absolute atomic E-state index is 0.0216. The summed E-state index contributed by atoms with van der Waals surface area (Å²) in [6.07, 6.45) is 6.00. The number of ether oxygens (including phenoxy) is 1. The van der Waals surface area contributed by atoms with Gasteiger partial charge in [-0.25, -0.2) is 4.79 Å². The molecule has 2 heterocycles. The number of hydrogen-bond acceptors (Lipinski definition) is 4. The second kappa shape index (κ2) is 8.66. The minimum Gasteiger partial charge on any atom is -0.379 e. The molecular formula is C17H27N3O2S. The van der Waals surface area contributed by atoms with Gasteiger partial charge in [0.25, 0.3) is 0 Å². The van der Waals surface area contributed by atoms with Crippen LogP contribution < -0.4 is 10.6 Å². The van der Waals surface area contributed by atoms with Gasteiger partial charge in [-0.15, -0.1) is 11.3 Å². The topological polar surface area (TPSA) is 53.6 Å². The second-order valence-corrected chi connectivity index (χ2v) is 7.35. The van der Waals surface area contributed by atoms with E-state index in [1.54, 1.807) is 11.3 Å². The molecule has 2 aliphatic rings. The summed E-state index contributed by atoms with van der Waals surface area (Å²) in [4.78, 5) is 15.9. The van der Waals surface area contributed by atoms with Gasteiger partial charge >= 0.3 is 6.03 Å². The van der Waals surface area contributed by atoms with Crippen LogP contribution in [-0.4, -0.2) is 49.8 Å². The molecule has 6 heteroatoms. The summed E-state index contributed by atoms with van der Waals surface area (Å²) in [5.74, 6) is 0. The normalized spacial score (nSPS) is 21.7. The average Bonchev–Trinajstić information content (AvgIpc) is 3.11. The van der Waals surface area contributed by atoms with Crippen LogP contribution in [0.3, 0.4) is 0 Å². The summed E-state index contributed by atoms with van der Waals surface area (Å²) in [6, 6.07) is 4.82. The summed E-state index contributed by atoms with van der Waals surface area (Å²) < 4.78 is 5.46. The molecule has 1 atom stereocenters. The molecule has 0 aromatic carbocycles. The van der Waals surface area contributed by atoms with Gasteiger partial charge in [-0.3, -0.25) is 4.90 Å². The van der Waals surface area contributed by atoms with Crippen LogP contribution in [0.1, 0.15) is 43.0 Å². The number of rotatable bonds is 5. The minimum atomic E-state index is -0.0216. The fraction of sp³-hybridized carbons (Fsp3) is 0.706. The third-order valence-corrected chi connectivity index (χ3v) is 5.73. The lowest BCUT2D eigenvalue weighted by Gasteiger charge is -2.34. The van der Waals surface area contributed by atoms with E-state index in [2.05, 4.69) is 33.0 Å².